The third-order valence-corrected chi connectivity index (χ3v) is 5.69. The lowest BCUT2D eigenvalue weighted by Crippen LogP contribution is -2.34. The van der Waals surface area contributed by atoms with Gasteiger partial charge >= 0.3 is 0 Å². The average molecular weight is 276 g/mol. The van der Waals surface area contributed by atoms with Crippen LogP contribution in [0.15, 0.2) is 34.5 Å². The number of fused-ring (bicyclic) bond motifs is 1. The summed E-state index contributed by atoms with van der Waals surface area (Å²) < 4.78 is 0. The lowest BCUT2D eigenvalue weighted by atomic mass is 10.0. The van der Waals surface area contributed by atoms with Gasteiger partial charge in [-0.05, 0) is 25.0 Å². The molecule has 1 aromatic heterocycles. The zero-order chi connectivity index (χ0) is 12.5. The minimum absolute atomic E-state index is 0.188. The van der Waals surface area contributed by atoms with Crippen molar-refractivity contribution >= 4 is 23.1 Å². The molecular weight excluding hydrogens is 260 g/mol. The number of benzene rings is 1. The molecule has 1 aliphatic rings. The van der Waals surface area contributed by atoms with Gasteiger partial charge < -0.3 is 5.73 Å². The van der Waals surface area contributed by atoms with Crippen LogP contribution in [-0.2, 0) is 12.8 Å². The quantitative estimate of drug-likeness (QED) is 0.936. The van der Waals surface area contributed by atoms with E-state index < -0.39 is 0 Å². The highest BCUT2D eigenvalue weighted by Crippen LogP contribution is 2.38. The van der Waals surface area contributed by atoms with Crippen LogP contribution in [0, 0.1) is 6.92 Å². The minimum atomic E-state index is 0.188. The van der Waals surface area contributed by atoms with E-state index in [9.17, 15) is 0 Å². The largest absolute Gasteiger partial charge is 0.326 e. The third kappa shape index (κ3) is 2.46. The maximum absolute atomic E-state index is 6.35. The highest BCUT2D eigenvalue weighted by atomic mass is 32.2. The zero-order valence-corrected chi connectivity index (χ0v) is 11.9. The molecule has 2 nitrogen and oxygen atoms in total. The van der Waals surface area contributed by atoms with Crippen LogP contribution >= 0.6 is 23.1 Å². The van der Waals surface area contributed by atoms with Crippen molar-refractivity contribution < 1.29 is 0 Å². The molecule has 2 unspecified atom stereocenters. The summed E-state index contributed by atoms with van der Waals surface area (Å²) in [4.78, 5) is 5.90. The summed E-state index contributed by atoms with van der Waals surface area (Å²) in [6.07, 6.45) is 1.98. The third-order valence-electron chi connectivity index (χ3n) is 3.23. The van der Waals surface area contributed by atoms with Crippen molar-refractivity contribution in [3.8, 4) is 0 Å². The van der Waals surface area contributed by atoms with E-state index in [2.05, 4.69) is 34.6 Å². The molecule has 94 valence electrons. The molecule has 1 aliphatic heterocycles. The van der Waals surface area contributed by atoms with Crippen LogP contribution in [0.2, 0.25) is 0 Å². The Morgan fingerprint density at radius 3 is 3.00 bits per heavy atom. The molecular formula is C14H16N2S2. The Hall–Kier alpha value is -0.840. The summed E-state index contributed by atoms with van der Waals surface area (Å²) in [5, 5.41) is 3.75. The van der Waals surface area contributed by atoms with Gasteiger partial charge in [0.05, 0.1) is 5.01 Å². The molecule has 18 heavy (non-hydrogen) atoms. The van der Waals surface area contributed by atoms with Gasteiger partial charge in [0.25, 0.3) is 0 Å². The SMILES string of the molecule is Cc1csc(CC(N)C2Cc3ccccc3S2)n1. The Kier molecular flexibility index (Phi) is 3.41. The van der Waals surface area contributed by atoms with E-state index in [4.69, 9.17) is 5.73 Å². The van der Waals surface area contributed by atoms with Crippen LogP contribution in [0.3, 0.4) is 0 Å². The van der Waals surface area contributed by atoms with Crippen LogP contribution in [-0.4, -0.2) is 16.3 Å². The minimum Gasteiger partial charge on any atom is -0.326 e. The molecule has 0 fully saturated rings. The smallest absolute Gasteiger partial charge is 0.0943 e. The Morgan fingerprint density at radius 2 is 2.28 bits per heavy atom. The molecule has 0 radical (unpaired) electrons. The predicted molar refractivity (Wildman–Crippen MR) is 78.3 cm³/mol. The van der Waals surface area contributed by atoms with Gasteiger partial charge in [-0.25, -0.2) is 4.98 Å². The number of hydrogen-bond acceptors (Lipinski definition) is 4. The van der Waals surface area contributed by atoms with Crippen molar-refractivity contribution in [3.05, 3.63) is 45.9 Å². The maximum Gasteiger partial charge on any atom is 0.0943 e. The molecule has 2 aromatic rings. The number of thiazole rings is 1. The molecule has 0 amide bonds. The molecule has 1 aromatic carbocycles. The monoisotopic (exact) mass is 276 g/mol. The van der Waals surface area contributed by atoms with Crippen molar-refractivity contribution in [1.82, 2.24) is 4.98 Å². The molecule has 3 rings (SSSR count). The number of rotatable bonds is 3. The summed E-state index contributed by atoms with van der Waals surface area (Å²) in [6, 6.07) is 8.80. The van der Waals surface area contributed by atoms with Crippen molar-refractivity contribution in [2.75, 3.05) is 0 Å². The van der Waals surface area contributed by atoms with Gasteiger partial charge in [0, 0.05) is 33.7 Å². The Balaban J connectivity index is 1.67. The second kappa shape index (κ2) is 5.03. The summed E-state index contributed by atoms with van der Waals surface area (Å²) >= 11 is 3.64. The normalized spacial score (nSPS) is 19.8. The summed E-state index contributed by atoms with van der Waals surface area (Å²) in [5.74, 6) is 0. The fourth-order valence-electron chi connectivity index (χ4n) is 2.28. The highest BCUT2D eigenvalue weighted by Gasteiger charge is 2.27. The Bertz CT molecular complexity index is 525. The predicted octanol–water partition coefficient (Wildman–Crippen LogP) is 3.04. The number of thioether (sulfide) groups is 1. The van der Waals surface area contributed by atoms with Crippen LogP contribution < -0.4 is 5.73 Å². The van der Waals surface area contributed by atoms with Gasteiger partial charge in [-0.15, -0.1) is 23.1 Å². The number of aromatic nitrogens is 1. The van der Waals surface area contributed by atoms with Gasteiger partial charge in [0.15, 0.2) is 0 Å². The summed E-state index contributed by atoms with van der Waals surface area (Å²) in [5.41, 5.74) is 8.89. The zero-order valence-electron chi connectivity index (χ0n) is 10.3. The summed E-state index contributed by atoms with van der Waals surface area (Å²) in [7, 11) is 0. The van der Waals surface area contributed by atoms with Gasteiger partial charge in [0.1, 0.15) is 0 Å². The molecule has 2 heterocycles. The summed E-state index contributed by atoms with van der Waals surface area (Å²) in [6.45, 7) is 2.03. The lowest BCUT2D eigenvalue weighted by Gasteiger charge is -2.16. The van der Waals surface area contributed by atoms with Crippen molar-refractivity contribution in [2.24, 2.45) is 5.73 Å². The van der Waals surface area contributed by atoms with Crippen LogP contribution in [0.25, 0.3) is 0 Å². The van der Waals surface area contributed by atoms with E-state index in [0.29, 0.717) is 5.25 Å². The number of hydrogen-bond donors (Lipinski definition) is 1. The van der Waals surface area contributed by atoms with E-state index in [1.165, 1.54) is 10.5 Å². The van der Waals surface area contributed by atoms with Crippen LogP contribution in [0.4, 0.5) is 0 Å². The number of nitrogens with zero attached hydrogens (tertiary/aromatic N) is 1. The fourth-order valence-corrected chi connectivity index (χ4v) is 4.44. The van der Waals surface area contributed by atoms with Crippen molar-refractivity contribution in [3.63, 3.8) is 0 Å². The molecule has 0 saturated heterocycles. The van der Waals surface area contributed by atoms with E-state index in [0.717, 1.165) is 23.5 Å². The number of aryl methyl sites for hydroxylation is 1. The first-order valence-corrected chi connectivity index (χ1v) is 7.89. The Labute approximate surface area is 116 Å². The van der Waals surface area contributed by atoms with Gasteiger partial charge in [-0.2, -0.15) is 0 Å². The standard InChI is InChI=1S/C14H16N2S2/c1-9-8-17-14(16-9)7-11(15)13-6-10-4-2-3-5-12(10)18-13/h2-5,8,11,13H,6-7,15H2,1H3. The Morgan fingerprint density at radius 1 is 1.44 bits per heavy atom. The average Bonchev–Trinajstić information content (AvgIpc) is 2.95. The van der Waals surface area contributed by atoms with Crippen LogP contribution in [0.1, 0.15) is 16.3 Å². The van der Waals surface area contributed by atoms with Crippen molar-refractivity contribution in [2.45, 2.75) is 36.0 Å². The molecule has 0 saturated carbocycles. The first-order valence-electron chi connectivity index (χ1n) is 6.13. The van der Waals surface area contributed by atoms with E-state index in [-0.39, 0.29) is 6.04 Å². The maximum atomic E-state index is 6.35. The molecule has 0 spiro atoms. The number of nitrogens with two attached hydrogens (primary N) is 1. The van der Waals surface area contributed by atoms with Crippen LogP contribution in [0.5, 0.6) is 0 Å². The highest BCUT2D eigenvalue weighted by molar-refractivity contribution is 8.00. The lowest BCUT2D eigenvalue weighted by molar-refractivity contribution is 0.630. The van der Waals surface area contributed by atoms with E-state index in [1.807, 2.05) is 18.7 Å². The van der Waals surface area contributed by atoms with Gasteiger partial charge in [-0.1, -0.05) is 18.2 Å². The first-order chi connectivity index (χ1) is 8.72. The molecule has 0 aliphatic carbocycles. The second-order valence-electron chi connectivity index (χ2n) is 4.72. The molecule has 2 N–H and O–H groups in total. The topological polar surface area (TPSA) is 38.9 Å². The van der Waals surface area contributed by atoms with Gasteiger partial charge in [-0.3, -0.25) is 0 Å². The van der Waals surface area contributed by atoms with Crippen molar-refractivity contribution in [1.29, 1.82) is 0 Å². The molecule has 4 heteroatoms. The molecule has 2 atom stereocenters. The second-order valence-corrected chi connectivity index (χ2v) is 6.94. The fraction of sp³-hybridized carbons (Fsp3) is 0.357. The van der Waals surface area contributed by atoms with E-state index >= 15 is 0 Å². The molecule has 0 bridgehead atoms. The van der Waals surface area contributed by atoms with Gasteiger partial charge in [0.2, 0.25) is 0 Å². The van der Waals surface area contributed by atoms with E-state index in [1.54, 1.807) is 11.3 Å². The first kappa shape index (κ1) is 12.2.